The van der Waals surface area contributed by atoms with Gasteiger partial charge in [0.2, 0.25) is 11.5 Å². The number of halogens is 1. The van der Waals surface area contributed by atoms with Crippen LogP contribution in [0.2, 0.25) is 0 Å². The molecule has 0 saturated carbocycles. The number of hydrogen-bond acceptors (Lipinski definition) is 7. The third-order valence-electron chi connectivity index (χ3n) is 3.84. The summed E-state index contributed by atoms with van der Waals surface area (Å²) in [7, 11) is 0. The Morgan fingerprint density at radius 3 is 2.54 bits per heavy atom. The second-order valence-corrected chi connectivity index (χ2v) is 5.81. The minimum Gasteiger partial charge on any atom is -0.489 e. The third kappa shape index (κ3) is 5.97. The number of carbonyl (C=O) groups excluding carboxylic acids is 1. The number of ether oxygens (including phenoxy) is 1. The molecule has 8 nitrogen and oxygen atoms in total. The van der Waals surface area contributed by atoms with Crippen molar-refractivity contribution in [2.75, 3.05) is 18.8 Å². The monoisotopic (exact) mass is 403 g/mol. The molecular formula is C19H22ClN5O3. The van der Waals surface area contributed by atoms with Crippen LogP contribution in [0, 0.1) is 0 Å². The SMILES string of the molecule is Cl.Nc1nonc1C(=O)NCCNCc1ccccc1OCc1ccccc1. The third-order valence-corrected chi connectivity index (χ3v) is 3.84. The second kappa shape index (κ2) is 10.9. The Hall–Kier alpha value is -3.10. The summed E-state index contributed by atoms with van der Waals surface area (Å²) in [5.41, 5.74) is 7.63. The molecule has 0 radical (unpaired) electrons. The molecule has 4 N–H and O–H groups in total. The first-order chi connectivity index (χ1) is 13.2. The molecule has 0 saturated heterocycles. The fourth-order valence-electron chi connectivity index (χ4n) is 2.45. The lowest BCUT2D eigenvalue weighted by atomic mass is 10.2. The van der Waals surface area contributed by atoms with Gasteiger partial charge in [0.1, 0.15) is 12.4 Å². The first-order valence-electron chi connectivity index (χ1n) is 8.55. The van der Waals surface area contributed by atoms with Crippen LogP contribution in [0.15, 0.2) is 59.2 Å². The van der Waals surface area contributed by atoms with Crippen molar-refractivity contribution in [3.8, 4) is 5.75 Å². The highest BCUT2D eigenvalue weighted by atomic mass is 35.5. The van der Waals surface area contributed by atoms with Crippen molar-refractivity contribution in [3.63, 3.8) is 0 Å². The van der Waals surface area contributed by atoms with Crippen LogP contribution in [0.3, 0.4) is 0 Å². The van der Waals surface area contributed by atoms with Gasteiger partial charge in [0.15, 0.2) is 0 Å². The van der Waals surface area contributed by atoms with E-state index < -0.39 is 5.91 Å². The van der Waals surface area contributed by atoms with Crippen LogP contribution in [0.1, 0.15) is 21.6 Å². The number of para-hydroxylation sites is 1. The van der Waals surface area contributed by atoms with Gasteiger partial charge in [-0.15, -0.1) is 12.4 Å². The zero-order chi connectivity index (χ0) is 18.9. The summed E-state index contributed by atoms with van der Waals surface area (Å²) in [6.07, 6.45) is 0. The molecule has 9 heteroatoms. The zero-order valence-electron chi connectivity index (χ0n) is 15.1. The van der Waals surface area contributed by atoms with Gasteiger partial charge in [-0.1, -0.05) is 48.5 Å². The predicted molar refractivity (Wildman–Crippen MR) is 107 cm³/mol. The summed E-state index contributed by atoms with van der Waals surface area (Å²) in [6.45, 7) is 2.12. The van der Waals surface area contributed by atoms with E-state index in [2.05, 4.69) is 25.6 Å². The summed E-state index contributed by atoms with van der Waals surface area (Å²) in [4.78, 5) is 11.8. The maximum Gasteiger partial charge on any atom is 0.277 e. The summed E-state index contributed by atoms with van der Waals surface area (Å²) in [5.74, 6) is 0.395. The molecule has 1 aromatic heterocycles. The van der Waals surface area contributed by atoms with Gasteiger partial charge >= 0.3 is 0 Å². The topological polar surface area (TPSA) is 115 Å². The van der Waals surface area contributed by atoms with E-state index in [9.17, 15) is 4.79 Å². The molecule has 0 aliphatic heterocycles. The number of carbonyl (C=O) groups is 1. The number of rotatable bonds is 9. The van der Waals surface area contributed by atoms with Crippen LogP contribution in [0.4, 0.5) is 5.82 Å². The molecule has 3 aromatic rings. The fraction of sp³-hybridized carbons (Fsp3) is 0.211. The first kappa shape index (κ1) is 21.2. The number of anilines is 1. The molecule has 0 atom stereocenters. The second-order valence-electron chi connectivity index (χ2n) is 5.81. The number of hydrogen-bond donors (Lipinski definition) is 3. The number of nitrogens with one attached hydrogen (secondary N) is 2. The average molecular weight is 404 g/mol. The lowest BCUT2D eigenvalue weighted by Gasteiger charge is -2.12. The van der Waals surface area contributed by atoms with E-state index in [0.717, 1.165) is 16.9 Å². The van der Waals surface area contributed by atoms with Gasteiger partial charge in [0.25, 0.3) is 5.91 Å². The van der Waals surface area contributed by atoms with Gasteiger partial charge in [0, 0.05) is 25.2 Å². The van der Waals surface area contributed by atoms with Crippen molar-refractivity contribution in [1.82, 2.24) is 20.9 Å². The van der Waals surface area contributed by atoms with Crippen LogP contribution >= 0.6 is 12.4 Å². The molecule has 0 bridgehead atoms. The molecule has 1 heterocycles. The number of nitrogen functional groups attached to an aromatic ring is 1. The summed E-state index contributed by atoms with van der Waals surface area (Å²) < 4.78 is 10.3. The number of benzene rings is 2. The van der Waals surface area contributed by atoms with E-state index in [-0.39, 0.29) is 23.9 Å². The van der Waals surface area contributed by atoms with Crippen molar-refractivity contribution in [1.29, 1.82) is 0 Å². The Kier molecular flexibility index (Phi) is 8.26. The Labute approximate surface area is 168 Å². The fourth-order valence-corrected chi connectivity index (χ4v) is 2.45. The Balaban J connectivity index is 0.00000280. The van der Waals surface area contributed by atoms with Crippen LogP contribution < -0.4 is 21.1 Å². The number of nitrogens with zero attached hydrogens (tertiary/aromatic N) is 2. The number of aromatic nitrogens is 2. The van der Waals surface area contributed by atoms with E-state index in [4.69, 9.17) is 10.5 Å². The Morgan fingerprint density at radius 1 is 1.04 bits per heavy atom. The first-order valence-corrected chi connectivity index (χ1v) is 8.55. The highest BCUT2D eigenvalue weighted by molar-refractivity contribution is 5.95. The Morgan fingerprint density at radius 2 is 1.79 bits per heavy atom. The highest BCUT2D eigenvalue weighted by Gasteiger charge is 2.14. The average Bonchev–Trinajstić information content (AvgIpc) is 3.13. The summed E-state index contributed by atoms with van der Waals surface area (Å²) in [6, 6.07) is 17.9. The lowest BCUT2D eigenvalue weighted by Crippen LogP contribution is -2.32. The normalized spacial score (nSPS) is 10.1. The maximum absolute atomic E-state index is 11.8. The summed E-state index contributed by atoms with van der Waals surface area (Å²) in [5, 5.41) is 12.8. The van der Waals surface area contributed by atoms with Crippen LogP contribution in [-0.4, -0.2) is 29.3 Å². The van der Waals surface area contributed by atoms with Gasteiger partial charge < -0.3 is 21.1 Å². The van der Waals surface area contributed by atoms with Crippen molar-refractivity contribution >= 4 is 24.1 Å². The molecule has 0 aliphatic carbocycles. The summed E-state index contributed by atoms with van der Waals surface area (Å²) >= 11 is 0. The van der Waals surface area contributed by atoms with Crippen molar-refractivity contribution < 1.29 is 14.2 Å². The Bertz CT molecular complexity index is 873. The van der Waals surface area contributed by atoms with E-state index in [0.29, 0.717) is 26.2 Å². The molecule has 3 rings (SSSR count). The van der Waals surface area contributed by atoms with Gasteiger partial charge in [-0.3, -0.25) is 4.79 Å². The molecule has 1 amide bonds. The smallest absolute Gasteiger partial charge is 0.277 e. The minimum absolute atomic E-state index is 0. The molecule has 0 fully saturated rings. The van der Waals surface area contributed by atoms with Crippen LogP contribution in [-0.2, 0) is 13.2 Å². The largest absolute Gasteiger partial charge is 0.489 e. The minimum atomic E-state index is -0.415. The van der Waals surface area contributed by atoms with Crippen LogP contribution in [0.5, 0.6) is 5.75 Å². The molecular weight excluding hydrogens is 382 g/mol. The predicted octanol–water partition coefficient (Wildman–Crippen LogP) is 2.17. The zero-order valence-corrected chi connectivity index (χ0v) is 15.9. The number of nitrogens with two attached hydrogens (primary N) is 1. The van der Waals surface area contributed by atoms with Crippen molar-refractivity contribution in [2.45, 2.75) is 13.2 Å². The van der Waals surface area contributed by atoms with Gasteiger partial charge in [-0.25, -0.2) is 4.63 Å². The van der Waals surface area contributed by atoms with E-state index >= 15 is 0 Å². The van der Waals surface area contributed by atoms with E-state index in [1.54, 1.807) is 0 Å². The van der Waals surface area contributed by atoms with Gasteiger partial charge in [-0.2, -0.15) is 0 Å². The molecule has 0 unspecified atom stereocenters. The van der Waals surface area contributed by atoms with Crippen molar-refractivity contribution in [3.05, 3.63) is 71.4 Å². The van der Waals surface area contributed by atoms with Crippen molar-refractivity contribution in [2.24, 2.45) is 0 Å². The standard InChI is InChI=1S/C19H21N5O3.ClH/c20-18-17(23-27-24-18)19(25)22-11-10-21-12-15-8-4-5-9-16(15)26-13-14-6-2-1-3-7-14;/h1-9,21H,10-13H2,(H2,20,24)(H,22,25);1H. The van der Waals surface area contributed by atoms with E-state index in [1.165, 1.54) is 0 Å². The van der Waals surface area contributed by atoms with Gasteiger partial charge in [0.05, 0.1) is 0 Å². The molecule has 0 aliphatic rings. The van der Waals surface area contributed by atoms with Crippen LogP contribution in [0.25, 0.3) is 0 Å². The number of amides is 1. The molecule has 0 spiro atoms. The lowest BCUT2D eigenvalue weighted by molar-refractivity contribution is 0.0944. The van der Waals surface area contributed by atoms with Gasteiger partial charge in [-0.05, 0) is 21.9 Å². The molecule has 148 valence electrons. The highest BCUT2D eigenvalue weighted by Crippen LogP contribution is 2.19. The quantitative estimate of drug-likeness (QED) is 0.469. The maximum atomic E-state index is 11.8. The van der Waals surface area contributed by atoms with E-state index in [1.807, 2.05) is 54.6 Å². The molecule has 28 heavy (non-hydrogen) atoms. The molecule has 2 aromatic carbocycles.